The van der Waals surface area contributed by atoms with Gasteiger partial charge in [-0.05, 0) is 11.6 Å². The number of amides is 1. The molecule has 1 amide bonds. The fourth-order valence-corrected chi connectivity index (χ4v) is 3.42. The van der Waals surface area contributed by atoms with E-state index in [9.17, 15) is 4.79 Å². The van der Waals surface area contributed by atoms with Gasteiger partial charge in [0.05, 0.1) is 5.69 Å². The molecular weight excluding hydrogens is 344 g/mol. The number of hydrogen-bond acceptors (Lipinski definition) is 4. The minimum absolute atomic E-state index is 0.0298. The van der Waals surface area contributed by atoms with Crippen LogP contribution < -0.4 is 5.32 Å². The molecule has 0 bridgehead atoms. The molecule has 0 saturated heterocycles. The van der Waals surface area contributed by atoms with Crippen LogP contribution in [0.5, 0.6) is 0 Å². The maximum atomic E-state index is 11.9. The average molecular weight is 362 g/mol. The number of thiazole rings is 1. The first-order valence-electron chi connectivity index (χ1n) is 8.41. The number of fused-ring (bicyclic) bond motifs is 1. The quantitative estimate of drug-likeness (QED) is 0.540. The first kappa shape index (κ1) is 16.5. The number of nitrogens with one attached hydrogen (secondary N) is 2. The van der Waals surface area contributed by atoms with E-state index in [0.717, 1.165) is 33.4 Å². The van der Waals surface area contributed by atoms with E-state index >= 15 is 0 Å². The van der Waals surface area contributed by atoms with E-state index in [1.807, 2.05) is 49.8 Å². The summed E-state index contributed by atoms with van der Waals surface area (Å²) in [6.07, 6.45) is 3.78. The minimum Gasteiger partial charge on any atom is -0.345 e. The van der Waals surface area contributed by atoms with Gasteiger partial charge in [-0.1, -0.05) is 44.2 Å². The van der Waals surface area contributed by atoms with Crippen molar-refractivity contribution in [2.24, 2.45) is 5.92 Å². The zero-order chi connectivity index (χ0) is 18.1. The van der Waals surface area contributed by atoms with Gasteiger partial charge in [-0.15, -0.1) is 11.3 Å². The van der Waals surface area contributed by atoms with Crippen molar-refractivity contribution in [3.8, 4) is 22.4 Å². The third-order valence-corrected chi connectivity index (χ3v) is 4.93. The van der Waals surface area contributed by atoms with Gasteiger partial charge >= 0.3 is 0 Å². The van der Waals surface area contributed by atoms with Crippen molar-refractivity contribution in [3.63, 3.8) is 0 Å². The molecule has 26 heavy (non-hydrogen) atoms. The maximum absolute atomic E-state index is 11.9. The van der Waals surface area contributed by atoms with E-state index < -0.39 is 0 Å². The monoisotopic (exact) mass is 362 g/mol. The summed E-state index contributed by atoms with van der Waals surface area (Å²) >= 11 is 1.43. The number of carbonyl (C=O) groups excluding carboxylic acids is 1. The van der Waals surface area contributed by atoms with Gasteiger partial charge in [0.25, 0.3) is 0 Å². The molecule has 0 aliphatic rings. The van der Waals surface area contributed by atoms with E-state index in [1.165, 1.54) is 11.3 Å². The van der Waals surface area contributed by atoms with Gasteiger partial charge in [0.2, 0.25) is 5.91 Å². The number of H-pyrrole nitrogens is 1. The van der Waals surface area contributed by atoms with Gasteiger partial charge in [-0.25, -0.2) is 9.97 Å². The molecule has 0 atom stereocenters. The van der Waals surface area contributed by atoms with E-state index in [4.69, 9.17) is 0 Å². The Labute approximate surface area is 155 Å². The van der Waals surface area contributed by atoms with E-state index in [0.29, 0.717) is 5.13 Å². The van der Waals surface area contributed by atoms with Crippen LogP contribution in [-0.2, 0) is 4.79 Å². The predicted molar refractivity (Wildman–Crippen MR) is 106 cm³/mol. The summed E-state index contributed by atoms with van der Waals surface area (Å²) in [5.74, 6) is -0.106. The molecule has 1 aromatic carbocycles. The van der Waals surface area contributed by atoms with E-state index in [1.54, 1.807) is 0 Å². The number of nitrogens with zero attached hydrogens (tertiary/aromatic N) is 2. The molecule has 0 saturated carbocycles. The van der Waals surface area contributed by atoms with Crippen LogP contribution in [-0.4, -0.2) is 20.9 Å². The lowest BCUT2D eigenvalue weighted by atomic mass is 10.1. The van der Waals surface area contributed by atoms with Crippen molar-refractivity contribution in [1.82, 2.24) is 15.0 Å². The molecule has 0 aliphatic heterocycles. The molecule has 5 nitrogen and oxygen atoms in total. The summed E-state index contributed by atoms with van der Waals surface area (Å²) in [7, 11) is 0. The second kappa shape index (κ2) is 6.72. The molecule has 6 heteroatoms. The van der Waals surface area contributed by atoms with Crippen LogP contribution in [0.1, 0.15) is 13.8 Å². The van der Waals surface area contributed by atoms with Crippen LogP contribution in [0.15, 0.2) is 54.2 Å². The van der Waals surface area contributed by atoms with Crippen molar-refractivity contribution >= 4 is 33.4 Å². The molecule has 2 N–H and O–H groups in total. The Kier molecular flexibility index (Phi) is 4.26. The molecule has 3 heterocycles. The Bertz CT molecular complexity index is 1070. The molecule has 4 rings (SSSR count). The van der Waals surface area contributed by atoms with Gasteiger partial charge in [-0.3, -0.25) is 4.79 Å². The molecular formula is C20H18N4OS. The van der Waals surface area contributed by atoms with Gasteiger partial charge in [0, 0.05) is 40.2 Å². The first-order chi connectivity index (χ1) is 12.6. The number of rotatable bonds is 4. The van der Waals surface area contributed by atoms with Crippen molar-refractivity contribution in [2.75, 3.05) is 5.32 Å². The van der Waals surface area contributed by atoms with Crippen molar-refractivity contribution < 1.29 is 4.79 Å². The smallest absolute Gasteiger partial charge is 0.228 e. The summed E-state index contributed by atoms with van der Waals surface area (Å²) in [6, 6.07) is 12.3. The number of aromatic nitrogens is 3. The lowest BCUT2D eigenvalue weighted by Crippen LogP contribution is -2.17. The first-order valence-corrected chi connectivity index (χ1v) is 9.29. The highest BCUT2D eigenvalue weighted by Crippen LogP contribution is 2.32. The fourth-order valence-electron chi connectivity index (χ4n) is 2.71. The summed E-state index contributed by atoms with van der Waals surface area (Å²) in [4.78, 5) is 24.2. The van der Waals surface area contributed by atoms with Crippen LogP contribution in [0, 0.1) is 5.92 Å². The van der Waals surface area contributed by atoms with Gasteiger partial charge in [-0.2, -0.15) is 0 Å². The second-order valence-corrected chi connectivity index (χ2v) is 7.23. The Balaban J connectivity index is 1.71. The van der Waals surface area contributed by atoms with Crippen LogP contribution >= 0.6 is 11.3 Å². The normalized spacial score (nSPS) is 11.2. The van der Waals surface area contributed by atoms with Gasteiger partial charge < -0.3 is 10.3 Å². The summed E-state index contributed by atoms with van der Waals surface area (Å²) in [5.41, 5.74) is 4.80. The SMILES string of the molecule is CC(C)C(=O)Nc1nc(-c2c[nH]c3ncc(-c4ccccc4)cc23)cs1. The summed E-state index contributed by atoms with van der Waals surface area (Å²) in [6.45, 7) is 3.72. The highest BCUT2D eigenvalue weighted by atomic mass is 32.1. The minimum atomic E-state index is -0.0759. The number of benzene rings is 1. The van der Waals surface area contributed by atoms with E-state index in [2.05, 4.69) is 38.5 Å². The fraction of sp³-hybridized carbons (Fsp3) is 0.150. The second-order valence-electron chi connectivity index (χ2n) is 6.37. The third kappa shape index (κ3) is 3.11. The molecule has 3 aromatic heterocycles. The zero-order valence-corrected chi connectivity index (χ0v) is 15.3. The number of carbonyl (C=O) groups is 1. The van der Waals surface area contributed by atoms with Crippen molar-refractivity contribution in [3.05, 3.63) is 54.2 Å². The van der Waals surface area contributed by atoms with Crippen LogP contribution in [0.3, 0.4) is 0 Å². The Morgan fingerprint density at radius 1 is 1.19 bits per heavy atom. The zero-order valence-electron chi connectivity index (χ0n) is 14.5. The van der Waals surface area contributed by atoms with Crippen molar-refractivity contribution in [1.29, 1.82) is 0 Å². The molecule has 4 aromatic rings. The maximum Gasteiger partial charge on any atom is 0.228 e. The molecule has 0 aliphatic carbocycles. The Hall–Kier alpha value is -2.99. The lowest BCUT2D eigenvalue weighted by Gasteiger charge is -2.03. The molecule has 0 unspecified atom stereocenters. The molecule has 0 radical (unpaired) electrons. The average Bonchev–Trinajstić information content (AvgIpc) is 3.28. The number of aromatic amines is 1. The van der Waals surface area contributed by atoms with Gasteiger partial charge in [0.15, 0.2) is 5.13 Å². The lowest BCUT2D eigenvalue weighted by molar-refractivity contribution is -0.118. The molecule has 0 spiro atoms. The van der Waals surface area contributed by atoms with Crippen LogP contribution in [0.25, 0.3) is 33.4 Å². The highest BCUT2D eigenvalue weighted by molar-refractivity contribution is 7.14. The molecule has 0 fully saturated rings. The van der Waals surface area contributed by atoms with E-state index in [-0.39, 0.29) is 11.8 Å². The summed E-state index contributed by atoms with van der Waals surface area (Å²) in [5, 5.41) is 6.43. The van der Waals surface area contributed by atoms with Crippen LogP contribution in [0.4, 0.5) is 5.13 Å². The predicted octanol–water partition coefficient (Wildman–Crippen LogP) is 4.95. The number of pyridine rings is 1. The third-order valence-electron chi connectivity index (χ3n) is 4.17. The van der Waals surface area contributed by atoms with Gasteiger partial charge in [0.1, 0.15) is 5.65 Å². The standard InChI is InChI=1S/C20H18N4OS/c1-12(2)19(25)24-20-23-17(11-26-20)16-10-22-18-15(16)8-14(9-21-18)13-6-4-3-5-7-13/h3-12H,1-2H3,(H,21,22)(H,23,24,25). The van der Waals surface area contributed by atoms with Crippen molar-refractivity contribution in [2.45, 2.75) is 13.8 Å². The number of hydrogen-bond donors (Lipinski definition) is 2. The van der Waals surface area contributed by atoms with Crippen LogP contribution in [0.2, 0.25) is 0 Å². The molecule has 130 valence electrons. The Morgan fingerprint density at radius 3 is 2.77 bits per heavy atom. The number of anilines is 1. The largest absolute Gasteiger partial charge is 0.345 e. The summed E-state index contributed by atoms with van der Waals surface area (Å²) < 4.78 is 0. The topological polar surface area (TPSA) is 70.7 Å². The Morgan fingerprint density at radius 2 is 2.00 bits per heavy atom. The highest BCUT2D eigenvalue weighted by Gasteiger charge is 2.14.